The molecule has 146 valence electrons. The number of non-ortho nitro benzene ring substituents is 1. The van der Waals surface area contributed by atoms with Crippen molar-refractivity contribution in [2.45, 2.75) is 39.3 Å². The molecule has 0 saturated carbocycles. The van der Waals surface area contributed by atoms with E-state index in [1.165, 1.54) is 27.3 Å². The van der Waals surface area contributed by atoms with Crippen molar-refractivity contribution in [2.24, 2.45) is 4.99 Å². The number of carbonyl (C=O) groups is 1. The number of fused-ring (bicyclic) bond motifs is 1. The van der Waals surface area contributed by atoms with Crippen LogP contribution in [0.4, 0.5) is 5.69 Å². The molecule has 2 heterocycles. The molecule has 3 aromatic rings. The van der Waals surface area contributed by atoms with Gasteiger partial charge in [0.25, 0.3) is 5.69 Å². The van der Waals surface area contributed by atoms with Gasteiger partial charge < -0.3 is 4.42 Å². The van der Waals surface area contributed by atoms with E-state index in [2.05, 4.69) is 4.99 Å². The van der Waals surface area contributed by atoms with Gasteiger partial charge in [-0.2, -0.15) is 0 Å². The molecule has 2 aromatic heterocycles. The van der Waals surface area contributed by atoms with Crippen LogP contribution in [0.5, 0.6) is 0 Å². The normalized spacial score (nSPS) is 12.0. The molecule has 0 aliphatic rings. The van der Waals surface area contributed by atoms with Gasteiger partial charge in [-0.15, -0.1) is 0 Å². The molecule has 28 heavy (non-hydrogen) atoms. The maximum Gasteiger partial charge on any atom is 0.419 e. The molecule has 0 amide bonds. The summed E-state index contributed by atoms with van der Waals surface area (Å²) in [5, 5.41) is 10.8. The summed E-state index contributed by atoms with van der Waals surface area (Å²) >= 11 is 0. The van der Waals surface area contributed by atoms with Crippen molar-refractivity contribution < 1.29 is 14.1 Å². The smallest absolute Gasteiger partial charge is 0.407 e. The van der Waals surface area contributed by atoms with E-state index in [1.807, 2.05) is 19.9 Å². The van der Waals surface area contributed by atoms with Gasteiger partial charge in [-0.25, -0.2) is 4.79 Å². The average Bonchev–Trinajstić information content (AvgIpc) is 2.96. The van der Waals surface area contributed by atoms with Crippen LogP contribution in [0.2, 0.25) is 0 Å². The van der Waals surface area contributed by atoms with E-state index in [9.17, 15) is 19.7 Å². The lowest BCUT2D eigenvalue weighted by atomic mass is 10.2. The quantitative estimate of drug-likeness (QED) is 0.479. The second-order valence-electron chi connectivity index (χ2n) is 6.58. The third-order valence-corrected chi connectivity index (χ3v) is 4.13. The minimum Gasteiger partial charge on any atom is -0.407 e. The van der Waals surface area contributed by atoms with Crippen LogP contribution in [0.3, 0.4) is 0 Å². The first-order chi connectivity index (χ1) is 13.4. The highest BCUT2D eigenvalue weighted by Gasteiger charge is 2.14. The monoisotopic (exact) mass is 384 g/mol. The third kappa shape index (κ3) is 4.08. The van der Waals surface area contributed by atoms with E-state index >= 15 is 0 Å². The summed E-state index contributed by atoms with van der Waals surface area (Å²) in [5.74, 6) is -0.734. The van der Waals surface area contributed by atoms with Gasteiger partial charge in [0, 0.05) is 31.3 Å². The lowest BCUT2D eigenvalue weighted by molar-refractivity contribution is -0.384. The molecule has 0 fully saturated rings. The first-order valence-electron chi connectivity index (χ1n) is 8.89. The Hall–Kier alpha value is -3.49. The molecule has 0 aliphatic heterocycles. The van der Waals surface area contributed by atoms with Gasteiger partial charge >= 0.3 is 5.76 Å². The molecule has 3 rings (SSSR count). The highest BCUT2D eigenvalue weighted by molar-refractivity contribution is 5.78. The summed E-state index contributed by atoms with van der Waals surface area (Å²) in [4.78, 5) is 39.4. The number of rotatable bonds is 6. The molecule has 0 unspecified atom stereocenters. The molecule has 9 heteroatoms. The van der Waals surface area contributed by atoms with E-state index in [1.54, 1.807) is 18.3 Å². The Morgan fingerprint density at radius 2 is 2.07 bits per heavy atom. The maximum absolute atomic E-state index is 12.6. The number of aromatic nitrogens is 2. The second kappa shape index (κ2) is 8.03. The predicted molar refractivity (Wildman–Crippen MR) is 102 cm³/mol. The largest absolute Gasteiger partial charge is 0.419 e. The van der Waals surface area contributed by atoms with Crippen LogP contribution in [0, 0.1) is 10.1 Å². The van der Waals surface area contributed by atoms with Crippen LogP contribution in [-0.2, 0) is 6.54 Å². The highest BCUT2D eigenvalue weighted by atomic mass is 16.6. The number of hydrogen-bond donors (Lipinski definition) is 0. The standard InChI is InChI=1S/C19H20N4O5/c1-13(2)20-17-6-3-4-10-22(17)18(24)7-5-11-21-15-9-8-14(23(26)27)12-16(15)28-19(21)25/h3-4,6,8-10,12-13H,5,7,11H2,1-2H3. The molecule has 0 saturated heterocycles. The van der Waals surface area contributed by atoms with Crippen molar-refractivity contribution in [3.8, 4) is 0 Å². The predicted octanol–water partition coefficient (Wildman–Crippen LogP) is 2.73. The Labute approximate surface area is 159 Å². The number of oxazole rings is 1. The number of aryl methyl sites for hydroxylation is 1. The van der Waals surface area contributed by atoms with Gasteiger partial charge in [-0.1, -0.05) is 6.07 Å². The molecule has 0 aliphatic carbocycles. The highest BCUT2D eigenvalue weighted by Crippen LogP contribution is 2.20. The van der Waals surface area contributed by atoms with Crippen LogP contribution in [0.25, 0.3) is 11.1 Å². The molecule has 0 spiro atoms. The Morgan fingerprint density at radius 3 is 2.79 bits per heavy atom. The van der Waals surface area contributed by atoms with E-state index in [0.29, 0.717) is 17.4 Å². The zero-order valence-corrected chi connectivity index (χ0v) is 15.6. The maximum atomic E-state index is 12.6. The topological polar surface area (TPSA) is 113 Å². The fourth-order valence-electron chi connectivity index (χ4n) is 2.90. The van der Waals surface area contributed by atoms with Gasteiger partial charge in [-0.3, -0.25) is 29.0 Å². The summed E-state index contributed by atoms with van der Waals surface area (Å²) in [5.41, 5.74) is 1.05. The number of nitro groups is 1. The lowest BCUT2D eigenvalue weighted by Crippen LogP contribution is -2.27. The average molecular weight is 384 g/mol. The van der Waals surface area contributed by atoms with Gasteiger partial charge in [0.15, 0.2) is 5.58 Å². The van der Waals surface area contributed by atoms with Gasteiger partial charge in [0.2, 0.25) is 5.91 Å². The van der Waals surface area contributed by atoms with E-state index in [0.717, 1.165) is 0 Å². The molecular weight excluding hydrogens is 364 g/mol. The van der Waals surface area contributed by atoms with Crippen LogP contribution in [-0.4, -0.2) is 26.0 Å². The number of nitro benzene ring substituents is 1. The second-order valence-corrected chi connectivity index (χ2v) is 6.58. The van der Waals surface area contributed by atoms with Gasteiger partial charge in [-0.05, 0) is 38.5 Å². The molecule has 0 N–H and O–H groups in total. The fraction of sp³-hybridized carbons (Fsp3) is 0.316. The summed E-state index contributed by atoms with van der Waals surface area (Å²) in [6.07, 6.45) is 2.29. The van der Waals surface area contributed by atoms with Crippen molar-refractivity contribution in [3.63, 3.8) is 0 Å². The van der Waals surface area contributed by atoms with Crippen LogP contribution >= 0.6 is 0 Å². The summed E-state index contributed by atoms with van der Waals surface area (Å²) in [6.45, 7) is 4.13. The van der Waals surface area contributed by atoms with Crippen LogP contribution in [0.1, 0.15) is 31.5 Å². The lowest BCUT2D eigenvalue weighted by Gasteiger charge is -2.07. The zero-order valence-electron chi connectivity index (χ0n) is 15.6. The molecule has 9 nitrogen and oxygen atoms in total. The van der Waals surface area contributed by atoms with Gasteiger partial charge in [0.05, 0.1) is 16.5 Å². The summed E-state index contributed by atoms with van der Waals surface area (Å²) < 4.78 is 7.97. The number of carbonyl (C=O) groups excluding carboxylic acids is 1. The van der Waals surface area contributed by atoms with Crippen LogP contribution < -0.4 is 11.2 Å². The van der Waals surface area contributed by atoms with Crippen LogP contribution in [0.15, 0.2) is 56.8 Å². The van der Waals surface area contributed by atoms with E-state index < -0.39 is 10.7 Å². The Bertz CT molecular complexity index is 1150. The summed E-state index contributed by atoms with van der Waals surface area (Å²) in [6, 6.07) is 9.43. The summed E-state index contributed by atoms with van der Waals surface area (Å²) in [7, 11) is 0. The SMILES string of the molecule is CC(C)N=c1ccccn1C(=O)CCCn1c(=O)oc2cc([N+](=O)[O-])ccc21. The van der Waals surface area contributed by atoms with E-state index in [4.69, 9.17) is 4.42 Å². The number of nitrogens with zero attached hydrogens (tertiary/aromatic N) is 4. The minimum atomic E-state index is -0.606. The Morgan fingerprint density at radius 1 is 1.29 bits per heavy atom. The van der Waals surface area contributed by atoms with Crippen molar-refractivity contribution in [2.75, 3.05) is 0 Å². The van der Waals surface area contributed by atoms with Crippen molar-refractivity contribution in [1.82, 2.24) is 9.13 Å². The number of pyridine rings is 1. The first-order valence-corrected chi connectivity index (χ1v) is 8.89. The van der Waals surface area contributed by atoms with Gasteiger partial charge in [0.1, 0.15) is 5.49 Å². The molecule has 0 radical (unpaired) electrons. The zero-order chi connectivity index (χ0) is 20.3. The Kier molecular flexibility index (Phi) is 5.53. The number of benzene rings is 1. The minimum absolute atomic E-state index is 0.0568. The third-order valence-electron chi connectivity index (χ3n) is 4.13. The van der Waals surface area contributed by atoms with Crippen molar-refractivity contribution >= 4 is 22.7 Å². The van der Waals surface area contributed by atoms with Crippen molar-refractivity contribution in [1.29, 1.82) is 0 Å². The number of hydrogen-bond acceptors (Lipinski definition) is 6. The molecule has 1 aromatic carbocycles. The van der Waals surface area contributed by atoms with E-state index in [-0.39, 0.29) is 36.2 Å². The van der Waals surface area contributed by atoms with Crippen molar-refractivity contribution in [3.05, 3.63) is 68.7 Å². The Balaban J connectivity index is 1.76. The molecule has 0 atom stereocenters. The fourth-order valence-corrected chi connectivity index (χ4v) is 2.90. The molecule has 0 bridgehead atoms. The molecular formula is C19H20N4O5. The first kappa shape index (κ1) is 19.3.